The van der Waals surface area contributed by atoms with Crippen LogP contribution in [-0.4, -0.2) is 0 Å². The summed E-state index contributed by atoms with van der Waals surface area (Å²) in [6.45, 7) is 8.84. The van der Waals surface area contributed by atoms with Crippen molar-refractivity contribution in [2.24, 2.45) is 7.05 Å². The topological polar surface area (TPSA) is 3.88 Å². The van der Waals surface area contributed by atoms with Crippen LogP contribution in [0, 0.1) is 13.8 Å². The van der Waals surface area contributed by atoms with E-state index in [4.69, 9.17) is 0 Å². The highest BCUT2D eigenvalue weighted by Gasteiger charge is 2.16. The van der Waals surface area contributed by atoms with Gasteiger partial charge in [0.25, 0.3) is 0 Å². The van der Waals surface area contributed by atoms with Gasteiger partial charge in [0.15, 0.2) is 0 Å². The number of fused-ring (bicyclic) bond motifs is 1. The van der Waals surface area contributed by atoms with E-state index >= 15 is 0 Å². The summed E-state index contributed by atoms with van der Waals surface area (Å²) in [5.74, 6) is 0.570. The number of rotatable bonds is 2. The van der Waals surface area contributed by atoms with Gasteiger partial charge in [-0.15, -0.1) is 0 Å². The van der Waals surface area contributed by atoms with Crippen LogP contribution in [0.5, 0.6) is 0 Å². The molecule has 0 fully saturated rings. The Bertz CT molecular complexity index is 844. The highest BCUT2D eigenvalue weighted by molar-refractivity contribution is 5.78. The fourth-order valence-corrected chi connectivity index (χ4v) is 3.13. The molecule has 1 heteroatoms. The van der Waals surface area contributed by atoms with Crippen molar-refractivity contribution in [1.82, 2.24) is 0 Å². The molecule has 0 saturated carbocycles. The Kier molecular flexibility index (Phi) is 3.74. The first-order valence-electron chi connectivity index (χ1n) is 7.97. The van der Waals surface area contributed by atoms with Crippen molar-refractivity contribution in [2.75, 3.05) is 0 Å². The summed E-state index contributed by atoms with van der Waals surface area (Å²) in [6.07, 6.45) is 0. The predicted molar refractivity (Wildman–Crippen MR) is 94.1 cm³/mol. The Morgan fingerprint density at radius 2 is 1.64 bits per heavy atom. The molecule has 0 amide bonds. The zero-order chi connectivity index (χ0) is 15.9. The molecule has 0 saturated heterocycles. The zero-order valence-electron chi connectivity index (χ0n) is 14.1. The maximum atomic E-state index is 2.32. The number of nitrogens with zero attached hydrogens (tertiary/aromatic N) is 1. The van der Waals surface area contributed by atoms with Crippen LogP contribution >= 0.6 is 0 Å². The molecule has 0 bridgehead atoms. The standard InChI is InChI=1S/C21H24N/c1-14(2)17-7-9-19(16(4)13-17)21-11-8-18-12-15(3)6-10-20(18)22(21)5/h6-14H,1-5H3/q+1. The summed E-state index contributed by atoms with van der Waals surface area (Å²) in [6, 6.07) is 17.9. The van der Waals surface area contributed by atoms with Crippen LogP contribution < -0.4 is 4.57 Å². The van der Waals surface area contributed by atoms with E-state index in [2.05, 4.69) is 87.8 Å². The second kappa shape index (κ2) is 5.57. The number of aryl methyl sites for hydroxylation is 3. The molecule has 0 radical (unpaired) electrons. The second-order valence-corrected chi connectivity index (χ2v) is 6.57. The van der Waals surface area contributed by atoms with Gasteiger partial charge in [-0.1, -0.05) is 37.6 Å². The van der Waals surface area contributed by atoms with Crippen molar-refractivity contribution in [2.45, 2.75) is 33.6 Å². The highest BCUT2D eigenvalue weighted by atomic mass is 14.9. The second-order valence-electron chi connectivity index (χ2n) is 6.57. The predicted octanol–water partition coefficient (Wildman–Crippen LogP) is 5.07. The van der Waals surface area contributed by atoms with E-state index in [1.807, 2.05) is 0 Å². The van der Waals surface area contributed by atoms with E-state index in [0.717, 1.165) is 0 Å². The number of pyridine rings is 1. The summed E-state index contributed by atoms with van der Waals surface area (Å²) < 4.78 is 2.30. The number of hydrogen-bond acceptors (Lipinski definition) is 0. The van der Waals surface area contributed by atoms with Gasteiger partial charge in [0.2, 0.25) is 11.2 Å². The van der Waals surface area contributed by atoms with Crippen LogP contribution in [0.4, 0.5) is 0 Å². The Morgan fingerprint density at radius 3 is 2.32 bits per heavy atom. The molecule has 0 aliphatic rings. The number of aromatic nitrogens is 1. The molecule has 2 aromatic carbocycles. The lowest BCUT2D eigenvalue weighted by Gasteiger charge is -2.11. The van der Waals surface area contributed by atoms with Gasteiger partial charge >= 0.3 is 0 Å². The maximum absolute atomic E-state index is 2.32. The fourth-order valence-electron chi connectivity index (χ4n) is 3.13. The van der Waals surface area contributed by atoms with E-state index in [1.54, 1.807) is 0 Å². The lowest BCUT2D eigenvalue weighted by Crippen LogP contribution is -2.32. The Labute approximate surface area is 133 Å². The van der Waals surface area contributed by atoms with Crippen LogP contribution in [-0.2, 0) is 7.05 Å². The third-order valence-corrected chi connectivity index (χ3v) is 4.52. The molecule has 0 spiro atoms. The smallest absolute Gasteiger partial charge is 0.194 e. The fraction of sp³-hybridized carbons (Fsp3) is 0.286. The lowest BCUT2D eigenvalue weighted by atomic mass is 9.96. The van der Waals surface area contributed by atoms with E-state index in [9.17, 15) is 0 Å². The monoisotopic (exact) mass is 290 g/mol. The maximum Gasteiger partial charge on any atom is 0.213 e. The molecule has 0 aliphatic carbocycles. The molecule has 0 atom stereocenters. The van der Waals surface area contributed by atoms with Gasteiger partial charge < -0.3 is 0 Å². The summed E-state index contributed by atoms with van der Waals surface area (Å²) >= 11 is 0. The third-order valence-electron chi connectivity index (χ3n) is 4.52. The average Bonchev–Trinajstić information content (AvgIpc) is 2.48. The molecule has 0 aliphatic heterocycles. The molecule has 1 aromatic heterocycles. The van der Waals surface area contributed by atoms with Gasteiger partial charge in [0, 0.05) is 23.1 Å². The Hall–Kier alpha value is -2.15. The van der Waals surface area contributed by atoms with Crippen molar-refractivity contribution in [3.63, 3.8) is 0 Å². The molecular formula is C21H24N+. The Balaban J connectivity index is 2.18. The van der Waals surface area contributed by atoms with Crippen LogP contribution in [0.3, 0.4) is 0 Å². The first-order valence-corrected chi connectivity index (χ1v) is 7.97. The van der Waals surface area contributed by atoms with Gasteiger partial charge in [0.1, 0.15) is 7.05 Å². The normalized spacial score (nSPS) is 11.4. The zero-order valence-corrected chi connectivity index (χ0v) is 14.1. The van der Waals surface area contributed by atoms with Crippen LogP contribution in [0.2, 0.25) is 0 Å². The average molecular weight is 290 g/mol. The Morgan fingerprint density at radius 1 is 0.864 bits per heavy atom. The van der Waals surface area contributed by atoms with Crippen LogP contribution in [0.1, 0.15) is 36.5 Å². The van der Waals surface area contributed by atoms with E-state index in [0.29, 0.717) is 5.92 Å². The van der Waals surface area contributed by atoms with E-state index in [-0.39, 0.29) is 0 Å². The summed E-state index contributed by atoms with van der Waals surface area (Å²) in [7, 11) is 2.16. The van der Waals surface area contributed by atoms with Gasteiger partial charge in [-0.25, -0.2) is 0 Å². The summed E-state index contributed by atoms with van der Waals surface area (Å²) in [5.41, 5.74) is 7.90. The van der Waals surface area contributed by atoms with Gasteiger partial charge in [-0.05, 0) is 49.1 Å². The van der Waals surface area contributed by atoms with Crippen molar-refractivity contribution in [3.8, 4) is 11.3 Å². The SMILES string of the molecule is Cc1ccc2c(ccc(-c3ccc(C(C)C)cc3C)[n+]2C)c1. The minimum atomic E-state index is 0.570. The molecule has 0 N–H and O–H groups in total. The van der Waals surface area contributed by atoms with Gasteiger partial charge in [-0.3, -0.25) is 0 Å². The molecule has 22 heavy (non-hydrogen) atoms. The molecule has 112 valence electrons. The number of hydrogen-bond donors (Lipinski definition) is 0. The van der Waals surface area contributed by atoms with Crippen LogP contribution in [0.25, 0.3) is 22.2 Å². The highest BCUT2D eigenvalue weighted by Crippen LogP contribution is 2.26. The quantitative estimate of drug-likeness (QED) is 0.580. The lowest BCUT2D eigenvalue weighted by molar-refractivity contribution is -0.633. The third kappa shape index (κ3) is 2.52. The minimum Gasteiger partial charge on any atom is -0.194 e. The summed E-state index contributed by atoms with van der Waals surface area (Å²) in [4.78, 5) is 0. The minimum absolute atomic E-state index is 0.570. The van der Waals surface area contributed by atoms with Crippen molar-refractivity contribution >= 4 is 10.9 Å². The molecule has 3 aromatic rings. The molecule has 0 unspecified atom stereocenters. The molecule has 3 rings (SSSR count). The van der Waals surface area contributed by atoms with E-state index in [1.165, 1.54) is 38.9 Å². The summed E-state index contributed by atoms with van der Waals surface area (Å²) in [5, 5.41) is 1.29. The molecular weight excluding hydrogens is 266 g/mol. The molecule has 1 nitrogen and oxygen atoms in total. The van der Waals surface area contributed by atoms with Crippen molar-refractivity contribution in [1.29, 1.82) is 0 Å². The first-order chi connectivity index (χ1) is 10.5. The van der Waals surface area contributed by atoms with E-state index < -0.39 is 0 Å². The van der Waals surface area contributed by atoms with Gasteiger partial charge in [0.05, 0.1) is 0 Å². The largest absolute Gasteiger partial charge is 0.213 e. The first kappa shape index (κ1) is 14.8. The van der Waals surface area contributed by atoms with Gasteiger partial charge in [-0.2, -0.15) is 4.57 Å². The van der Waals surface area contributed by atoms with Crippen molar-refractivity contribution < 1.29 is 4.57 Å². The van der Waals surface area contributed by atoms with Crippen molar-refractivity contribution in [3.05, 3.63) is 65.2 Å². The molecule has 1 heterocycles. The van der Waals surface area contributed by atoms with Crippen LogP contribution in [0.15, 0.2) is 48.5 Å². The number of benzene rings is 2.